The summed E-state index contributed by atoms with van der Waals surface area (Å²) in [4.78, 5) is 23.9. The molecule has 0 spiro atoms. The molecule has 3 aromatic rings. The van der Waals surface area contributed by atoms with Crippen molar-refractivity contribution in [2.24, 2.45) is 0 Å². The standard InChI is InChI=1S/C19H20N2OS2/c1-5-15-9-16-18(20-13(4)21-19(16)24-15)23-10-17(22)14-7-6-11(2)12(3)8-14/h6-9H,5,10H2,1-4H3. The van der Waals surface area contributed by atoms with E-state index in [9.17, 15) is 4.79 Å². The number of carbonyl (C=O) groups is 1. The molecule has 24 heavy (non-hydrogen) atoms. The van der Waals surface area contributed by atoms with Gasteiger partial charge in [0.05, 0.1) is 5.75 Å². The minimum atomic E-state index is 0.137. The molecule has 0 unspecified atom stereocenters. The lowest BCUT2D eigenvalue weighted by Gasteiger charge is -2.06. The summed E-state index contributed by atoms with van der Waals surface area (Å²) in [5, 5.41) is 1.98. The molecule has 3 nitrogen and oxygen atoms in total. The van der Waals surface area contributed by atoms with Crippen LogP contribution in [0.5, 0.6) is 0 Å². The second-order valence-electron chi connectivity index (χ2n) is 5.87. The predicted molar refractivity (Wildman–Crippen MR) is 103 cm³/mol. The van der Waals surface area contributed by atoms with Gasteiger partial charge in [0, 0.05) is 15.8 Å². The SMILES string of the molecule is CCc1cc2c(SCC(=O)c3ccc(C)c(C)c3)nc(C)nc2s1. The topological polar surface area (TPSA) is 42.9 Å². The Morgan fingerprint density at radius 3 is 2.62 bits per heavy atom. The summed E-state index contributed by atoms with van der Waals surface area (Å²) in [6.45, 7) is 8.13. The minimum absolute atomic E-state index is 0.137. The second kappa shape index (κ2) is 7.03. The summed E-state index contributed by atoms with van der Waals surface area (Å²) in [5.74, 6) is 1.29. The molecule has 2 aromatic heterocycles. The molecule has 0 atom stereocenters. The molecular weight excluding hydrogens is 336 g/mol. The molecule has 0 N–H and O–H groups in total. The number of fused-ring (bicyclic) bond motifs is 1. The molecule has 0 bridgehead atoms. The Bertz CT molecular complexity index is 915. The van der Waals surface area contributed by atoms with Crippen molar-refractivity contribution in [1.82, 2.24) is 9.97 Å². The second-order valence-corrected chi connectivity index (χ2v) is 7.95. The number of thiophene rings is 1. The maximum atomic E-state index is 12.5. The third kappa shape index (κ3) is 3.52. The molecule has 2 heterocycles. The van der Waals surface area contributed by atoms with Gasteiger partial charge in [0.15, 0.2) is 5.78 Å². The molecule has 124 valence electrons. The van der Waals surface area contributed by atoms with Crippen molar-refractivity contribution in [2.75, 3.05) is 5.75 Å². The van der Waals surface area contributed by atoms with Crippen molar-refractivity contribution >= 4 is 39.1 Å². The number of hydrogen-bond donors (Lipinski definition) is 0. The molecule has 0 radical (unpaired) electrons. The summed E-state index contributed by atoms with van der Waals surface area (Å²) in [6, 6.07) is 8.04. The fourth-order valence-corrected chi connectivity index (χ4v) is 4.48. The van der Waals surface area contributed by atoms with Gasteiger partial charge in [-0.15, -0.1) is 11.3 Å². The largest absolute Gasteiger partial charge is 0.293 e. The third-order valence-corrected chi connectivity index (χ3v) is 6.20. The molecule has 0 saturated carbocycles. The van der Waals surface area contributed by atoms with E-state index >= 15 is 0 Å². The number of aromatic nitrogens is 2. The van der Waals surface area contributed by atoms with Crippen molar-refractivity contribution in [3.05, 3.63) is 51.7 Å². The lowest BCUT2D eigenvalue weighted by Crippen LogP contribution is -2.04. The van der Waals surface area contributed by atoms with Crippen LogP contribution in [0, 0.1) is 20.8 Å². The van der Waals surface area contributed by atoms with Gasteiger partial charge in [0.2, 0.25) is 0 Å². The number of rotatable bonds is 5. The van der Waals surface area contributed by atoms with Crippen LogP contribution in [-0.4, -0.2) is 21.5 Å². The van der Waals surface area contributed by atoms with Gasteiger partial charge in [-0.1, -0.05) is 30.8 Å². The number of aryl methyl sites for hydroxylation is 4. The van der Waals surface area contributed by atoms with Crippen LogP contribution in [0.3, 0.4) is 0 Å². The molecule has 0 aliphatic rings. The molecule has 0 amide bonds. The molecule has 0 saturated heterocycles. The Balaban J connectivity index is 1.83. The van der Waals surface area contributed by atoms with Gasteiger partial charge in [-0.05, 0) is 50.5 Å². The highest BCUT2D eigenvalue weighted by atomic mass is 32.2. The normalized spacial score (nSPS) is 11.2. The van der Waals surface area contributed by atoms with E-state index in [1.165, 1.54) is 22.2 Å². The Morgan fingerprint density at radius 2 is 1.92 bits per heavy atom. The molecule has 0 fully saturated rings. The number of nitrogens with zero attached hydrogens (tertiary/aromatic N) is 2. The predicted octanol–water partition coefficient (Wildman–Crippen LogP) is 5.15. The lowest BCUT2D eigenvalue weighted by molar-refractivity contribution is 0.102. The fourth-order valence-electron chi connectivity index (χ4n) is 2.46. The number of benzene rings is 1. The van der Waals surface area contributed by atoms with Gasteiger partial charge in [0.25, 0.3) is 0 Å². The van der Waals surface area contributed by atoms with Crippen molar-refractivity contribution in [1.29, 1.82) is 0 Å². The zero-order valence-corrected chi connectivity index (χ0v) is 16.0. The van der Waals surface area contributed by atoms with Gasteiger partial charge in [0.1, 0.15) is 15.7 Å². The zero-order valence-electron chi connectivity index (χ0n) is 14.3. The maximum absolute atomic E-state index is 12.5. The summed E-state index contributed by atoms with van der Waals surface area (Å²) in [5.41, 5.74) is 3.13. The van der Waals surface area contributed by atoms with Crippen LogP contribution in [0.15, 0.2) is 29.3 Å². The Hall–Kier alpha value is -1.72. The Kier molecular flexibility index (Phi) is 5.01. The van der Waals surface area contributed by atoms with Gasteiger partial charge in [-0.2, -0.15) is 0 Å². The summed E-state index contributed by atoms with van der Waals surface area (Å²) in [7, 11) is 0. The van der Waals surface area contributed by atoms with Gasteiger partial charge >= 0.3 is 0 Å². The van der Waals surface area contributed by atoms with E-state index in [0.717, 1.165) is 38.6 Å². The molecule has 0 aliphatic heterocycles. The highest BCUT2D eigenvalue weighted by molar-refractivity contribution is 8.00. The third-order valence-electron chi connectivity index (χ3n) is 4.04. The fraction of sp³-hybridized carbons (Fsp3) is 0.316. The first kappa shape index (κ1) is 17.1. The zero-order chi connectivity index (χ0) is 17.3. The maximum Gasteiger partial charge on any atom is 0.173 e. The van der Waals surface area contributed by atoms with E-state index in [1.54, 1.807) is 11.3 Å². The van der Waals surface area contributed by atoms with Gasteiger partial charge in [-0.3, -0.25) is 4.79 Å². The van der Waals surface area contributed by atoms with Crippen molar-refractivity contribution < 1.29 is 4.79 Å². The van der Waals surface area contributed by atoms with Gasteiger partial charge in [-0.25, -0.2) is 9.97 Å². The summed E-state index contributed by atoms with van der Waals surface area (Å²) >= 11 is 3.22. The molecular formula is C19H20N2OS2. The lowest BCUT2D eigenvalue weighted by atomic mass is 10.0. The number of Topliss-reactive ketones (excluding diaryl/α,β-unsaturated/α-hetero) is 1. The van der Waals surface area contributed by atoms with E-state index in [-0.39, 0.29) is 5.78 Å². The first-order chi connectivity index (χ1) is 11.5. The average molecular weight is 357 g/mol. The summed E-state index contributed by atoms with van der Waals surface area (Å²) in [6.07, 6.45) is 0.992. The highest BCUT2D eigenvalue weighted by Crippen LogP contribution is 2.32. The van der Waals surface area contributed by atoms with E-state index in [4.69, 9.17) is 0 Å². The van der Waals surface area contributed by atoms with Crippen LogP contribution in [-0.2, 0) is 6.42 Å². The number of carbonyl (C=O) groups excluding carboxylic acids is 1. The van der Waals surface area contributed by atoms with Crippen LogP contribution < -0.4 is 0 Å². The van der Waals surface area contributed by atoms with Crippen molar-refractivity contribution in [3.8, 4) is 0 Å². The minimum Gasteiger partial charge on any atom is -0.293 e. The van der Waals surface area contributed by atoms with E-state index in [1.807, 2.05) is 32.0 Å². The van der Waals surface area contributed by atoms with Crippen LogP contribution >= 0.6 is 23.1 Å². The van der Waals surface area contributed by atoms with Crippen LogP contribution in [0.1, 0.15) is 39.1 Å². The van der Waals surface area contributed by atoms with E-state index < -0.39 is 0 Å². The number of thioether (sulfide) groups is 1. The number of ketones is 1. The molecule has 1 aromatic carbocycles. The summed E-state index contributed by atoms with van der Waals surface area (Å²) < 4.78 is 0. The average Bonchev–Trinajstić information content (AvgIpc) is 2.97. The molecule has 3 rings (SSSR count). The van der Waals surface area contributed by atoms with E-state index in [2.05, 4.69) is 29.9 Å². The van der Waals surface area contributed by atoms with Crippen LogP contribution in [0.4, 0.5) is 0 Å². The first-order valence-corrected chi connectivity index (χ1v) is 9.78. The quantitative estimate of drug-likeness (QED) is 0.360. The Morgan fingerprint density at radius 1 is 1.12 bits per heavy atom. The molecule has 0 aliphatic carbocycles. The smallest absolute Gasteiger partial charge is 0.173 e. The monoisotopic (exact) mass is 356 g/mol. The van der Waals surface area contributed by atoms with Crippen LogP contribution in [0.2, 0.25) is 0 Å². The molecule has 5 heteroatoms. The van der Waals surface area contributed by atoms with Crippen LogP contribution in [0.25, 0.3) is 10.2 Å². The highest BCUT2D eigenvalue weighted by Gasteiger charge is 2.13. The van der Waals surface area contributed by atoms with Crippen molar-refractivity contribution in [3.63, 3.8) is 0 Å². The van der Waals surface area contributed by atoms with Crippen molar-refractivity contribution in [2.45, 2.75) is 39.1 Å². The first-order valence-electron chi connectivity index (χ1n) is 7.98. The van der Waals surface area contributed by atoms with E-state index in [0.29, 0.717) is 5.75 Å². The number of hydrogen-bond acceptors (Lipinski definition) is 5. The van der Waals surface area contributed by atoms with Gasteiger partial charge < -0.3 is 0 Å². The Labute approximate surface area is 150 Å².